The van der Waals surface area contributed by atoms with Gasteiger partial charge in [0.25, 0.3) is 0 Å². The molecule has 1 amide bonds. The van der Waals surface area contributed by atoms with E-state index >= 15 is 0 Å². The predicted molar refractivity (Wildman–Crippen MR) is 76.6 cm³/mol. The molecule has 0 heterocycles. The quantitative estimate of drug-likeness (QED) is 0.658. The zero-order chi connectivity index (χ0) is 15.0. The summed E-state index contributed by atoms with van der Waals surface area (Å²) in [7, 11) is 1.56. The summed E-state index contributed by atoms with van der Waals surface area (Å²) in [6.07, 6.45) is 0.451. The highest BCUT2D eigenvalue weighted by Crippen LogP contribution is 2.23. The van der Waals surface area contributed by atoms with E-state index in [1.165, 1.54) is 0 Å². The number of aliphatic hydroxyl groups excluding tert-OH is 1. The molecule has 1 rings (SSSR count). The Kier molecular flexibility index (Phi) is 7.00. The molecule has 0 spiro atoms. The van der Waals surface area contributed by atoms with Crippen LogP contribution in [-0.4, -0.2) is 37.4 Å². The number of ether oxygens (including phenoxy) is 2. The van der Waals surface area contributed by atoms with Gasteiger partial charge in [0, 0.05) is 25.0 Å². The van der Waals surface area contributed by atoms with Crippen LogP contribution in [-0.2, 0) is 16.1 Å². The van der Waals surface area contributed by atoms with Crippen LogP contribution in [0.1, 0.15) is 18.9 Å². The maximum atomic E-state index is 11.8. The fraction of sp³-hybridized carbons (Fsp3) is 0.500. The minimum absolute atomic E-state index is 0.158. The van der Waals surface area contributed by atoms with Crippen molar-refractivity contribution in [2.75, 3.05) is 25.6 Å². The van der Waals surface area contributed by atoms with Gasteiger partial charge in [0.15, 0.2) is 0 Å². The summed E-state index contributed by atoms with van der Waals surface area (Å²) in [6.45, 7) is 2.65. The minimum atomic E-state index is -0.626. The van der Waals surface area contributed by atoms with Crippen molar-refractivity contribution in [1.82, 2.24) is 0 Å². The third-order valence-corrected chi connectivity index (χ3v) is 2.77. The molecule has 4 N–H and O–H groups in total. The number of nitrogens with one attached hydrogen (secondary N) is 1. The average molecular weight is 282 g/mol. The molecule has 0 radical (unpaired) electrons. The number of benzene rings is 1. The standard InChI is InChI=1S/C14H22N2O4/c1-3-20-13-5-4-11(8-10(13)9-17)16-14(18)12(15)6-7-19-2/h4-5,8,12,17H,3,6-7,9,15H2,1-2H3,(H,16,18). The molecule has 0 aliphatic rings. The van der Waals surface area contributed by atoms with Gasteiger partial charge in [0.2, 0.25) is 5.91 Å². The fourth-order valence-corrected chi connectivity index (χ4v) is 1.69. The largest absolute Gasteiger partial charge is 0.494 e. The van der Waals surface area contributed by atoms with Crippen LogP contribution in [0.15, 0.2) is 18.2 Å². The molecule has 0 saturated heterocycles. The molecule has 0 aromatic heterocycles. The lowest BCUT2D eigenvalue weighted by Crippen LogP contribution is -2.36. The molecule has 0 saturated carbocycles. The van der Waals surface area contributed by atoms with Crippen molar-refractivity contribution in [2.24, 2.45) is 5.73 Å². The van der Waals surface area contributed by atoms with Gasteiger partial charge >= 0.3 is 0 Å². The van der Waals surface area contributed by atoms with Crippen molar-refractivity contribution in [2.45, 2.75) is 26.0 Å². The summed E-state index contributed by atoms with van der Waals surface area (Å²) in [5.41, 5.74) is 6.93. The molecule has 0 aliphatic heterocycles. The molecule has 6 heteroatoms. The first kappa shape index (κ1) is 16.4. The van der Waals surface area contributed by atoms with E-state index in [9.17, 15) is 9.90 Å². The molecule has 0 bridgehead atoms. The van der Waals surface area contributed by atoms with Crippen molar-refractivity contribution in [1.29, 1.82) is 0 Å². The van der Waals surface area contributed by atoms with Crippen molar-refractivity contribution in [3.8, 4) is 5.75 Å². The first-order valence-corrected chi connectivity index (χ1v) is 6.54. The van der Waals surface area contributed by atoms with Gasteiger partial charge in [-0.25, -0.2) is 0 Å². The highest BCUT2D eigenvalue weighted by Gasteiger charge is 2.14. The maximum Gasteiger partial charge on any atom is 0.241 e. The summed E-state index contributed by atoms with van der Waals surface area (Å²) in [4.78, 5) is 11.8. The van der Waals surface area contributed by atoms with Crippen LogP contribution in [0.5, 0.6) is 5.75 Å². The average Bonchev–Trinajstić information content (AvgIpc) is 2.46. The molecule has 20 heavy (non-hydrogen) atoms. The summed E-state index contributed by atoms with van der Waals surface area (Å²) >= 11 is 0. The van der Waals surface area contributed by atoms with Gasteiger partial charge in [-0.1, -0.05) is 0 Å². The second kappa shape index (κ2) is 8.52. The van der Waals surface area contributed by atoms with Crippen molar-refractivity contribution in [3.63, 3.8) is 0 Å². The Bertz CT molecular complexity index is 437. The number of aliphatic hydroxyl groups is 1. The van der Waals surface area contributed by atoms with E-state index in [1.54, 1.807) is 25.3 Å². The first-order valence-electron chi connectivity index (χ1n) is 6.54. The smallest absolute Gasteiger partial charge is 0.241 e. The number of carbonyl (C=O) groups is 1. The zero-order valence-corrected chi connectivity index (χ0v) is 11.9. The number of carbonyl (C=O) groups excluding carboxylic acids is 1. The Morgan fingerprint density at radius 2 is 2.25 bits per heavy atom. The minimum Gasteiger partial charge on any atom is -0.494 e. The predicted octanol–water partition coefficient (Wildman–Crippen LogP) is 0.880. The van der Waals surface area contributed by atoms with Gasteiger partial charge in [-0.15, -0.1) is 0 Å². The molecule has 1 aromatic rings. The van der Waals surface area contributed by atoms with Crippen molar-refractivity contribution < 1.29 is 19.4 Å². The summed E-state index contributed by atoms with van der Waals surface area (Å²) in [6, 6.07) is 4.47. The number of methoxy groups -OCH3 is 1. The SMILES string of the molecule is CCOc1ccc(NC(=O)C(N)CCOC)cc1CO. The summed E-state index contributed by atoms with van der Waals surface area (Å²) in [5, 5.41) is 12.0. The Hall–Kier alpha value is -1.63. The summed E-state index contributed by atoms with van der Waals surface area (Å²) < 4.78 is 10.3. The molecule has 0 aliphatic carbocycles. The second-order valence-corrected chi connectivity index (χ2v) is 4.29. The third-order valence-electron chi connectivity index (χ3n) is 2.77. The van der Waals surface area contributed by atoms with Gasteiger partial charge in [-0.2, -0.15) is 0 Å². The van der Waals surface area contributed by atoms with E-state index in [0.29, 0.717) is 36.6 Å². The first-order chi connectivity index (χ1) is 9.62. The Balaban J connectivity index is 2.70. The van der Waals surface area contributed by atoms with Gasteiger partial charge in [0.05, 0.1) is 19.3 Å². The van der Waals surface area contributed by atoms with E-state index in [0.717, 1.165) is 0 Å². The molecular formula is C14H22N2O4. The Morgan fingerprint density at radius 3 is 2.85 bits per heavy atom. The number of nitrogens with two attached hydrogens (primary N) is 1. The second-order valence-electron chi connectivity index (χ2n) is 4.29. The normalized spacial score (nSPS) is 12.0. The fourth-order valence-electron chi connectivity index (χ4n) is 1.69. The maximum absolute atomic E-state index is 11.8. The van der Waals surface area contributed by atoms with Crippen LogP contribution in [0.2, 0.25) is 0 Å². The number of hydrogen-bond donors (Lipinski definition) is 3. The van der Waals surface area contributed by atoms with Crippen LogP contribution in [0.25, 0.3) is 0 Å². The van der Waals surface area contributed by atoms with Gasteiger partial charge in [0.1, 0.15) is 5.75 Å². The number of amides is 1. The van der Waals surface area contributed by atoms with Crippen LogP contribution in [0.3, 0.4) is 0 Å². The highest BCUT2D eigenvalue weighted by atomic mass is 16.5. The summed E-state index contributed by atoms with van der Waals surface area (Å²) in [5.74, 6) is 0.326. The van der Waals surface area contributed by atoms with Gasteiger partial charge in [-0.05, 0) is 31.5 Å². The van der Waals surface area contributed by atoms with Crippen LogP contribution < -0.4 is 15.8 Å². The molecule has 1 aromatic carbocycles. The van der Waals surface area contributed by atoms with Gasteiger partial charge < -0.3 is 25.6 Å². The van der Waals surface area contributed by atoms with Crippen molar-refractivity contribution >= 4 is 11.6 Å². The molecule has 6 nitrogen and oxygen atoms in total. The van der Waals surface area contributed by atoms with Crippen molar-refractivity contribution in [3.05, 3.63) is 23.8 Å². The lowest BCUT2D eigenvalue weighted by Gasteiger charge is -2.14. The van der Waals surface area contributed by atoms with Crippen LogP contribution >= 0.6 is 0 Å². The zero-order valence-electron chi connectivity index (χ0n) is 11.9. The third kappa shape index (κ3) is 4.80. The highest BCUT2D eigenvalue weighted by molar-refractivity contribution is 5.94. The van der Waals surface area contributed by atoms with E-state index in [4.69, 9.17) is 15.2 Å². The molecule has 1 atom stereocenters. The van der Waals surface area contributed by atoms with Gasteiger partial charge in [-0.3, -0.25) is 4.79 Å². The monoisotopic (exact) mass is 282 g/mol. The topological polar surface area (TPSA) is 93.8 Å². The number of rotatable bonds is 8. The number of hydrogen-bond acceptors (Lipinski definition) is 5. The molecule has 1 unspecified atom stereocenters. The molecular weight excluding hydrogens is 260 g/mol. The van der Waals surface area contributed by atoms with Crippen LogP contribution in [0.4, 0.5) is 5.69 Å². The molecule has 112 valence electrons. The van der Waals surface area contributed by atoms with E-state index < -0.39 is 6.04 Å². The lowest BCUT2D eigenvalue weighted by atomic mass is 10.1. The van der Waals surface area contributed by atoms with Crippen LogP contribution in [0, 0.1) is 0 Å². The van der Waals surface area contributed by atoms with E-state index in [2.05, 4.69) is 5.32 Å². The lowest BCUT2D eigenvalue weighted by molar-refractivity contribution is -0.117. The van der Waals surface area contributed by atoms with E-state index in [1.807, 2.05) is 6.92 Å². The molecule has 0 fully saturated rings. The Morgan fingerprint density at radius 1 is 1.50 bits per heavy atom. The van der Waals surface area contributed by atoms with E-state index in [-0.39, 0.29) is 12.5 Å². The number of anilines is 1. The Labute approximate surface area is 118 Å².